The Bertz CT molecular complexity index is 748. The van der Waals surface area contributed by atoms with Crippen molar-refractivity contribution in [3.63, 3.8) is 0 Å². The second-order valence-electron chi connectivity index (χ2n) is 6.48. The van der Waals surface area contributed by atoms with E-state index in [2.05, 4.69) is 29.2 Å². The molecule has 1 amide bonds. The summed E-state index contributed by atoms with van der Waals surface area (Å²) in [5.41, 5.74) is 1.99. The van der Waals surface area contributed by atoms with Crippen LogP contribution in [0.3, 0.4) is 0 Å². The lowest BCUT2D eigenvalue weighted by Gasteiger charge is -2.22. The summed E-state index contributed by atoms with van der Waals surface area (Å²) in [6, 6.07) is 15.9. The number of rotatable bonds is 3. The highest BCUT2D eigenvalue weighted by Gasteiger charge is 2.22. The minimum Gasteiger partial charge on any atom is -0.454 e. The lowest BCUT2D eigenvalue weighted by atomic mass is 10.1. The van der Waals surface area contributed by atoms with E-state index in [4.69, 9.17) is 9.47 Å². The maximum Gasteiger partial charge on any atom is 0.254 e. The summed E-state index contributed by atoms with van der Waals surface area (Å²) in [7, 11) is 0. The fourth-order valence-electron chi connectivity index (χ4n) is 3.39. The number of nitrogens with zero attached hydrogens (tertiary/aromatic N) is 2. The van der Waals surface area contributed by atoms with Crippen molar-refractivity contribution in [3.05, 3.63) is 59.7 Å². The van der Waals surface area contributed by atoms with Gasteiger partial charge in [-0.2, -0.15) is 0 Å². The highest BCUT2D eigenvalue weighted by molar-refractivity contribution is 5.95. The van der Waals surface area contributed by atoms with Crippen LogP contribution in [0.4, 0.5) is 0 Å². The number of carbonyl (C=O) groups excluding carboxylic acids is 1. The van der Waals surface area contributed by atoms with E-state index < -0.39 is 0 Å². The third kappa shape index (κ3) is 3.61. The standard InChI is InChI=1S/C20H22N2O3/c23-20(17-7-8-18-19(13-17)25-15-24-18)22-10-4-9-21(11-12-22)14-16-5-2-1-3-6-16/h1-3,5-8,13H,4,9-12,14-15H2. The van der Waals surface area contributed by atoms with Crippen LogP contribution in [0, 0.1) is 0 Å². The van der Waals surface area contributed by atoms with Gasteiger partial charge in [0, 0.05) is 38.3 Å². The molecule has 0 radical (unpaired) electrons. The molecule has 4 rings (SSSR count). The van der Waals surface area contributed by atoms with Gasteiger partial charge in [-0.15, -0.1) is 0 Å². The molecule has 0 aromatic heterocycles. The Balaban J connectivity index is 1.39. The molecule has 0 aliphatic carbocycles. The van der Waals surface area contributed by atoms with Gasteiger partial charge in [-0.05, 0) is 30.2 Å². The lowest BCUT2D eigenvalue weighted by molar-refractivity contribution is 0.0760. The molecule has 0 unspecified atom stereocenters. The summed E-state index contributed by atoms with van der Waals surface area (Å²) in [5, 5.41) is 0. The quantitative estimate of drug-likeness (QED) is 0.863. The van der Waals surface area contributed by atoms with Crippen molar-refractivity contribution >= 4 is 5.91 Å². The van der Waals surface area contributed by atoms with Gasteiger partial charge in [0.15, 0.2) is 11.5 Å². The molecule has 0 spiro atoms. The zero-order valence-corrected chi connectivity index (χ0v) is 14.2. The maximum atomic E-state index is 12.8. The van der Waals surface area contributed by atoms with E-state index in [1.807, 2.05) is 23.1 Å². The van der Waals surface area contributed by atoms with Gasteiger partial charge in [-0.3, -0.25) is 9.69 Å². The van der Waals surface area contributed by atoms with E-state index in [0.29, 0.717) is 17.1 Å². The van der Waals surface area contributed by atoms with Gasteiger partial charge >= 0.3 is 0 Å². The summed E-state index contributed by atoms with van der Waals surface area (Å²) < 4.78 is 10.7. The predicted octanol–water partition coefficient (Wildman–Crippen LogP) is 2.76. The van der Waals surface area contributed by atoms with Gasteiger partial charge in [0.1, 0.15) is 0 Å². The molecule has 2 heterocycles. The summed E-state index contributed by atoms with van der Waals surface area (Å²) in [6.45, 7) is 4.61. The molecule has 2 aliphatic heterocycles. The Kier molecular flexibility index (Phi) is 4.57. The molecule has 2 aromatic carbocycles. The zero-order valence-electron chi connectivity index (χ0n) is 14.2. The van der Waals surface area contributed by atoms with Crippen LogP contribution in [-0.4, -0.2) is 48.7 Å². The third-order valence-corrected chi connectivity index (χ3v) is 4.74. The zero-order chi connectivity index (χ0) is 17.1. The van der Waals surface area contributed by atoms with Crippen molar-refractivity contribution < 1.29 is 14.3 Å². The number of benzene rings is 2. The van der Waals surface area contributed by atoms with Gasteiger partial charge in [0.25, 0.3) is 5.91 Å². The van der Waals surface area contributed by atoms with E-state index in [1.54, 1.807) is 6.07 Å². The summed E-state index contributed by atoms with van der Waals surface area (Å²) in [4.78, 5) is 17.2. The first-order valence-electron chi connectivity index (χ1n) is 8.75. The van der Waals surface area contributed by atoms with Crippen LogP contribution in [0.2, 0.25) is 0 Å². The van der Waals surface area contributed by atoms with Crippen molar-refractivity contribution in [2.24, 2.45) is 0 Å². The number of hydrogen-bond acceptors (Lipinski definition) is 4. The topological polar surface area (TPSA) is 42.0 Å². The molecule has 0 saturated carbocycles. The van der Waals surface area contributed by atoms with Crippen molar-refractivity contribution in [2.75, 3.05) is 33.0 Å². The molecule has 0 atom stereocenters. The normalized spacial score (nSPS) is 17.4. The fourth-order valence-corrected chi connectivity index (χ4v) is 3.39. The van der Waals surface area contributed by atoms with Gasteiger partial charge in [0.2, 0.25) is 6.79 Å². The van der Waals surface area contributed by atoms with Crippen molar-refractivity contribution in [1.29, 1.82) is 0 Å². The SMILES string of the molecule is O=C(c1ccc2c(c1)OCO2)N1CCCN(Cc2ccccc2)CC1. The molecule has 0 N–H and O–H groups in total. The molecule has 2 aromatic rings. The minimum atomic E-state index is 0.0693. The second-order valence-corrected chi connectivity index (χ2v) is 6.48. The number of carbonyl (C=O) groups is 1. The first-order valence-corrected chi connectivity index (χ1v) is 8.75. The van der Waals surface area contributed by atoms with Crippen LogP contribution in [0.5, 0.6) is 11.5 Å². The van der Waals surface area contributed by atoms with E-state index >= 15 is 0 Å². The Morgan fingerprint density at radius 2 is 1.76 bits per heavy atom. The highest BCUT2D eigenvalue weighted by Crippen LogP contribution is 2.32. The van der Waals surface area contributed by atoms with Gasteiger partial charge in [-0.25, -0.2) is 0 Å². The van der Waals surface area contributed by atoms with E-state index in [-0.39, 0.29) is 12.7 Å². The van der Waals surface area contributed by atoms with Crippen LogP contribution in [-0.2, 0) is 6.54 Å². The smallest absolute Gasteiger partial charge is 0.254 e. The molecule has 25 heavy (non-hydrogen) atoms. The molecule has 1 saturated heterocycles. The monoisotopic (exact) mass is 338 g/mol. The van der Waals surface area contributed by atoms with Crippen LogP contribution in [0.1, 0.15) is 22.3 Å². The molecular weight excluding hydrogens is 316 g/mol. The van der Waals surface area contributed by atoms with Gasteiger partial charge in [-0.1, -0.05) is 30.3 Å². The number of fused-ring (bicyclic) bond motifs is 1. The average Bonchev–Trinajstić information content (AvgIpc) is 3.00. The summed E-state index contributed by atoms with van der Waals surface area (Å²) >= 11 is 0. The lowest BCUT2D eigenvalue weighted by Crippen LogP contribution is -2.35. The molecule has 130 valence electrons. The van der Waals surface area contributed by atoms with Crippen LogP contribution in [0.25, 0.3) is 0 Å². The van der Waals surface area contributed by atoms with Crippen LogP contribution in [0.15, 0.2) is 48.5 Å². The van der Waals surface area contributed by atoms with Crippen LogP contribution >= 0.6 is 0 Å². The second kappa shape index (κ2) is 7.15. The van der Waals surface area contributed by atoms with Crippen molar-refractivity contribution in [2.45, 2.75) is 13.0 Å². The largest absolute Gasteiger partial charge is 0.454 e. The Morgan fingerprint density at radius 3 is 2.64 bits per heavy atom. The molecule has 2 aliphatic rings. The molecule has 5 heteroatoms. The van der Waals surface area contributed by atoms with Crippen molar-refractivity contribution in [3.8, 4) is 11.5 Å². The predicted molar refractivity (Wildman–Crippen MR) is 94.8 cm³/mol. The fraction of sp³-hybridized carbons (Fsp3) is 0.350. The summed E-state index contributed by atoms with van der Waals surface area (Å²) in [5.74, 6) is 1.44. The number of ether oxygens (including phenoxy) is 2. The van der Waals surface area contributed by atoms with Crippen LogP contribution < -0.4 is 9.47 Å². The highest BCUT2D eigenvalue weighted by atomic mass is 16.7. The van der Waals surface area contributed by atoms with Crippen molar-refractivity contribution in [1.82, 2.24) is 9.80 Å². The number of hydrogen-bond donors (Lipinski definition) is 0. The maximum absolute atomic E-state index is 12.8. The molecular formula is C20H22N2O3. The molecule has 1 fully saturated rings. The average molecular weight is 338 g/mol. The molecule has 0 bridgehead atoms. The van der Waals surface area contributed by atoms with Gasteiger partial charge < -0.3 is 14.4 Å². The Morgan fingerprint density at radius 1 is 0.920 bits per heavy atom. The first-order chi connectivity index (χ1) is 12.3. The van der Waals surface area contributed by atoms with E-state index in [0.717, 1.165) is 39.1 Å². The first kappa shape index (κ1) is 16.0. The van der Waals surface area contributed by atoms with E-state index in [9.17, 15) is 4.79 Å². The minimum absolute atomic E-state index is 0.0693. The van der Waals surface area contributed by atoms with Gasteiger partial charge in [0.05, 0.1) is 0 Å². The Hall–Kier alpha value is -2.53. The summed E-state index contributed by atoms with van der Waals surface area (Å²) in [6.07, 6.45) is 0.989. The Labute approximate surface area is 147 Å². The number of amides is 1. The third-order valence-electron chi connectivity index (χ3n) is 4.74. The molecule has 5 nitrogen and oxygen atoms in total. The van der Waals surface area contributed by atoms with E-state index in [1.165, 1.54) is 5.56 Å².